The molecule has 0 spiro atoms. The van der Waals surface area contributed by atoms with E-state index in [2.05, 4.69) is 20.6 Å². The van der Waals surface area contributed by atoms with Gasteiger partial charge in [-0.3, -0.25) is 4.68 Å². The number of nitrogens with one attached hydrogen (secondary N) is 1. The van der Waals surface area contributed by atoms with Crippen LogP contribution in [0.4, 0.5) is 0 Å². The van der Waals surface area contributed by atoms with Gasteiger partial charge in [-0.1, -0.05) is 18.0 Å². The van der Waals surface area contributed by atoms with Gasteiger partial charge in [-0.25, -0.2) is 0 Å². The van der Waals surface area contributed by atoms with E-state index in [9.17, 15) is 0 Å². The molecule has 2 aromatic rings. The number of nitrogens with zero attached hydrogens (tertiary/aromatic N) is 4. The summed E-state index contributed by atoms with van der Waals surface area (Å²) in [5, 5.41) is 11.6. The molecule has 1 aliphatic carbocycles. The highest BCUT2D eigenvalue weighted by Gasteiger charge is 2.25. The van der Waals surface area contributed by atoms with Crippen molar-refractivity contribution in [3.05, 3.63) is 18.3 Å². The molecule has 20 heavy (non-hydrogen) atoms. The Labute approximate surface area is 118 Å². The van der Waals surface area contributed by atoms with Gasteiger partial charge in [0.15, 0.2) is 0 Å². The van der Waals surface area contributed by atoms with Crippen LogP contribution < -0.4 is 5.32 Å². The first-order valence-electron chi connectivity index (χ1n) is 7.25. The molecule has 0 amide bonds. The van der Waals surface area contributed by atoms with Crippen LogP contribution in [0.1, 0.15) is 31.6 Å². The van der Waals surface area contributed by atoms with Crippen molar-refractivity contribution in [3.8, 4) is 11.4 Å². The summed E-state index contributed by atoms with van der Waals surface area (Å²) < 4.78 is 7.12. The number of likely N-dealkylation sites (N-methyl/N-ethyl adjacent to an activating group) is 1. The van der Waals surface area contributed by atoms with Gasteiger partial charge in [-0.15, -0.1) is 0 Å². The van der Waals surface area contributed by atoms with Crippen molar-refractivity contribution in [3.63, 3.8) is 0 Å². The molecule has 6 nitrogen and oxygen atoms in total. The predicted molar refractivity (Wildman–Crippen MR) is 75.0 cm³/mol. The van der Waals surface area contributed by atoms with E-state index < -0.39 is 0 Å². The SMILES string of the molecule is CNC(Cc1nc(-c2cnn(C)c2)no1)C1CCCC1. The second-order valence-electron chi connectivity index (χ2n) is 5.56. The molecule has 3 rings (SSSR count). The van der Waals surface area contributed by atoms with Crippen LogP contribution in [0, 0.1) is 5.92 Å². The van der Waals surface area contributed by atoms with E-state index in [1.54, 1.807) is 10.9 Å². The van der Waals surface area contributed by atoms with Gasteiger partial charge in [0.2, 0.25) is 11.7 Å². The highest BCUT2D eigenvalue weighted by Crippen LogP contribution is 2.29. The van der Waals surface area contributed by atoms with Gasteiger partial charge in [-0.05, 0) is 25.8 Å². The van der Waals surface area contributed by atoms with Gasteiger partial charge in [-0.2, -0.15) is 10.1 Å². The average Bonchev–Trinajstić information content (AvgIpc) is 3.16. The zero-order valence-electron chi connectivity index (χ0n) is 12.0. The first-order valence-corrected chi connectivity index (χ1v) is 7.25. The van der Waals surface area contributed by atoms with Gasteiger partial charge >= 0.3 is 0 Å². The first-order chi connectivity index (χ1) is 9.76. The second kappa shape index (κ2) is 5.75. The maximum atomic E-state index is 5.38. The Morgan fingerprint density at radius 2 is 2.25 bits per heavy atom. The van der Waals surface area contributed by atoms with E-state index in [-0.39, 0.29) is 0 Å². The van der Waals surface area contributed by atoms with Crippen molar-refractivity contribution in [2.75, 3.05) is 7.05 Å². The lowest BCUT2D eigenvalue weighted by molar-refractivity contribution is 0.318. The summed E-state index contributed by atoms with van der Waals surface area (Å²) in [6.07, 6.45) is 9.72. The van der Waals surface area contributed by atoms with Crippen LogP contribution in [0.15, 0.2) is 16.9 Å². The molecule has 1 saturated carbocycles. The molecule has 0 aliphatic heterocycles. The van der Waals surface area contributed by atoms with E-state index in [1.807, 2.05) is 20.3 Å². The van der Waals surface area contributed by atoms with Crippen LogP contribution >= 0.6 is 0 Å². The minimum absolute atomic E-state index is 0.430. The number of aryl methyl sites for hydroxylation is 1. The standard InChI is InChI=1S/C14H21N5O/c1-15-12(10-5-3-4-6-10)7-13-17-14(18-20-13)11-8-16-19(2)9-11/h8-10,12,15H,3-7H2,1-2H3. The molecule has 1 atom stereocenters. The third-order valence-electron chi connectivity index (χ3n) is 4.17. The lowest BCUT2D eigenvalue weighted by Crippen LogP contribution is -2.34. The number of hydrogen-bond acceptors (Lipinski definition) is 5. The molecular formula is C14H21N5O. The summed E-state index contributed by atoms with van der Waals surface area (Å²) in [5.74, 6) is 2.05. The molecule has 6 heteroatoms. The number of hydrogen-bond donors (Lipinski definition) is 1. The molecule has 0 aromatic carbocycles. The Balaban J connectivity index is 1.69. The zero-order chi connectivity index (χ0) is 13.9. The van der Waals surface area contributed by atoms with Gasteiger partial charge in [0.1, 0.15) is 0 Å². The summed E-state index contributed by atoms with van der Waals surface area (Å²) in [6.45, 7) is 0. The van der Waals surface area contributed by atoms with Crippen LogP contribution in [-0.4, -0.2) is 33.0 Å². The van der Waals surface area contributed by atoms with Crippen LogP contribution in [0.5, 0.6) is 0 Å². The van der Waals surface area contributed by atoms with E-state index in [4.69, 9.17) is 4.52 Å². The van der Waals surface area contributed by atoms with Crippen LogP contribution in [0.3, 0.4) is 0 Å². The fourth-order valence-corrected chi connectivity index (χ4v) is 3.04. The van der Waals surface area contributed by atoms with Gasteiger partial charge < -0.3 is 9.84 Å². The summed E-state index contributed by atoms with van der Waals surface area (Å²) in [4.78, 5) is 4.48. The van der Waals surface area contributed by atoms with Crippen LogP contribution in [-0.2, 0) is 13.5 Å². The molecule has 2 aromatic heterocycles. The van der Waals surface area contributed by atoms with Crippen molar-refractivity contribution in [2.24, 2.45) is 13.0 Å². The third kappa shape index (κ3) is 2.75. The maximum absolute atomic E-state index is 5.38. The van der Waals surface area contributed by atoms with Gasteiger partial charge in [0, 0.05) is 25.7 Å². The number of rotatable bonds is 5. The molecule has 0 radical (unpaired) electrons. The second-order valence-corrected chi connectivity index (χ2v) is 5.56. The highest BCUT2D eigenvalue weighted by atomic mass is 16.5. The van der Waals surface area contributed by atoms with E-state index >= 15 is 0 Å². The third-order valence-corrected chi connectivity index (χ3v) is 4.17. The lowest BCUT2D eigenvalue weighted by atomic mass is 9.95. The molecule has 1 N–H and O–H groups in total. The Morgan fingerprint density at radius 1 is 1.45 bits per heavy atom. The molecule has 2 heterocycles. The summed E-state index contributed by atoms with van der Waals surface area (Å²) in [5.41, 5.74) is 0.893. The van der Waals surface area contributed by atoms with Crippen molar-refractivity contribution >= 4 is 0 Å². The summed E-state index contributed by atoms with van der Waals surface area (Å²) in [6, 6.07) is 0.430. The van der Waals surface area contributed by atoms with E-state index in [0.29, 0.717) is 17.8 Å². The smallest absolute Gasteiger partial charge is 0.228 e. The molecule has 0 saturated heterocycles. The minimum Gasteiger partial charge on any atom is -0.339 e. The number of aromatic nitrogens is 4. The van der Waals surface area contributed by atoms with E-state index in [0.717, 1.165) is 17.9 Å². The van der Waals surface area contributed by atoms with Crippen molar-refractivity contribution < 1.29 is 4.52 Å². The summed E-state index contributed by atoms with van der Waals surface area (Å²) >= 11 is 0. The quantitative estimate of drug-likeness (QED) is 0.901. The minimum atomic E-state index is 0.430. The normalized spacial score (nSPS) is 17.7. The monoisotopic (exact) mass is 275 g/mol. The first kappa shape index (κ1) is 13.3. The molecule has 1 aliphatic rings. The van der Waals surface area contributed by atoms with Gasteiger partial charge in [0.05, 0.1) is 11.8 Å². The Hall–Kier alpha value is -1.69. The van der Waals surface area contributed by atoms with Crippen molar-refractivity contribution in [1.82, 2.24) is 25.2 Å². The molecule has 108 valence electrons. The largest absolute Gasteiger partial charge is 0.339 e. The molecular weight excluding hydrogens is 254 g/mol. The van der Waals surface area contributed by atoms with Crippen LogP contribution in [0.25, 0.3) is 11.4 Å². The molecule has 1 fully saturated rings. The lowest BCUT2D eigenvalue weighted by Gasteiger charge is -2.20. The average molecular weight is 275 g/mol. The topological polar surface area (TPSA) is 68.8 Å². The summed E-state index contributed by atoms with van der Waals surface area (Å²) in [7, 11) is 3.89. The van der Waals surface area contributed by atoms with Gasteiger partial charge in [0.25, 0.3) is 0 Å². The fraction of sp³-hybridized carbons (Fsp3) is 0.643. The van der Waals surface area contributed by atoms with E-state index in [1.165, 1.54) is 25.7 Å². The highest BCUT2D eigenvalue weighted by molar-refractivity contribution is 5.50. The molecule has 0 bridgehead atoms. The Morgan fingerprint density at radius 3 is 2.90 bits per heavy atom. The zero-order valence-corrected chi connectivity index (χ0v) is 12.0. The van der Waals surface area contributed by atoms with Crippen LogP contribution in [0.2, 0.25) is 0 Å². The fourth-order valence-electron chi connectivity index (χ4n) is 3.04. The Kier molecular flexibility index (Phi) is 3.82. The molecule has 1 unspecified atom stereocenters. The predicted octanol–water partition coefficient (Wildman–Crippen LogP) is 1.79. The van der Waals surface area contributed by atoms with Crippen molar-refractivity contribution in [1.29, 1.82) is 0 Å². The maximum Gasteiger partial charge on any atom is 0.228 e. The Bertz CT molecular complexity index is 555. The van der Waals surface area contributed by atoms with Crippen molar-refractivity contribution in [2.45, 2.75) is 38.1 Å².